The summed E-state index contributed by atoms with van der Waals surface area (Å²) in [4.78, 5) is 0. The van der Waals surface area contributed by atoms with Crippen LogP contribution in [0.5, 0.6) is 0 Å². The van der Waals surface area contributed by atoms with Gasteiger partial charge in [-0.2, -0.15) is 22.0 Å². The summed E-state index contributed by atoms with van der Waals surface area (Å²) in [7, 11) is 0. The number of hydrogen-bond acceptors (Lipinski definition) is 1. The highest BCUT2D eigenvalue weighted by Gasteiger charge is 2.64. The average Bonchev–Trinajstić information content (AvgIpc) is 1.53. The quantitative estimate of drug-likeness (QED) is 0.555. The van der Waals surface area contributed by atoms with Crippen LogP contribution in [0.25, 0.3) is 0 Å². The van der Waals surface area contributed by atoms with Crippen molar-refractivity contribution in [1.82, 2.24) is 0 Å². The van der Waals surface area contributed by atoms with E-state index >= 15 is 0 Å². The lowest BCUT2D eigenvalue weighted by atomic mass is 10.1. The van der Waals surface area contributed by atoms with Crippen molar-refractivity contribution in [1.29, 1.82) is 0 Å². The lowest BCUT2D eigenvalue weighted by Gasteiger charge is -2.34. The summed E-state index contributed by atoms with van der Waals surface area (Å²) >= 11 is 0. The van der Waals surface area contributed by atoms with Crippen molar-refractivity contribution in [3.05, 3.63) is 0 Å². The summed E-state index contributed by atoms with van der Waals surface area (Å²) in [5, 5.41) is 0. The van der Waals surface area contributed by atoms with E-state index in [0.29, 0.717) is 0 Å². The Kier molecular flexibility index (Phi) is 1.82. The zero-order chi connectivity index (χ0) is 8.70. The molecule has 11 heavy (non-hydrogen) atoms. The highest BCUT2D eigenvalue weighted by atomic mass is 19.4. The predicted molar refractivity (Wildman–Crippen MR) is 25.4 cm³/mol. The van der Waals surface area contributed by atoms with E-state index in [1.165, 1.54) is 0 Å². The Bertz CT molecular complexity index is 147. The minimum atomic E-state index is -5.49. The highest BCUT2D eigenvalue weighted by molar-refractivity contribution is 4.88. The maximum Gasteiger partial charge on any atom is 0.456 e. The van der Waals surface area contributed by atoms with Gasteiger partial charge in [0.1, 0.15) is 6.10 Å². The van der Waals surface area contributed by atoms with E-state index in [0.717, 1.165) is 0 Å². The zero-order valence-electron chi connectivity index (χ0n) is 5.29. The van der Waals surface area contributed by atoms with Crippen LogP contribution in [0, 0.1) is 0 Å². The molecule has 0 spiro atoms. The van der Waals surface area contributed by atoms with Crippen LogP contribution in [0.4, 0.5) is 22.0 Å². The topological polar surface area (TPSA) is 9.23 Å². The van der Waals surface area contributed by atoms with Crippen LogP contribution < -0.4 is 0 Å². The van der Waals surface area contributed by atoms with E-state index < -0.39 is 18.2 Å². The Labute approximate surface area is 59.1 Å². The van der Waals surface area contributed by atoms with Crippen molar-refractivity contribution >= 4 is 0 Å². The third-order valence-electron chi connectivity index (χ3n) is 1.48. The fourth-order valence-electron chi connectivity index (χ4n) is 0.704. The number of alkyl halides is 5. The maximum atomic E-state index is 12.1. The molecule has 0 N–H and O–H groups in total. The number of rotatable bonds is 1. The molecule has 1 unspecified atom stereocenters. The summed E-state index contributed by atoms with van der Waals surface area (Å²) < 4.78 is 62.7. The van der Waals surface area contributed by atoms with Crippen LogP contribution >= 0.6 is 0 Å². The summed E-state index contributed by atoms with van der Waals surface area (Å²) in [6, 6.07) is 0. The first-order chi connectivity index (χ1) is 4.86. The second-order valence-electron chi connectivity index (χ2n) is 2.27. The van der Waals surface area contributed by atoms with E-state index in [1.54, 1.807) is 0 Å². The lowest BCUT2D eigenvalue weighted by Crippen LogP contribution is -2.52. The van der Waals surface area contributed by atoms with Crippen molar-refractivity contribution < 1.29 is 26.7 Å². The second-order valence-corrected chi connectivity index (χ2v) is 2.27. The second kappa shape index (κ2) is 2.30. The van der Waals surface area contributed by atoms with Crippen molar-refractivity contribution in [2.75, 3.05) is 6.61 Å². The summed E-state index contributed by atoms with van der Waals surface area (Å²) in [6.45, 7) is -0.0175. The third-order valence-corrected chi connectivity index (χ3v) is 1.48. The van der Waals surface area contributed by atoms with Crippen molar-refractivity contribution in [3.63, 3.8) is 0 Å². The molecule has 0 saturated carbocycles. The Hall–Kier alpha value is -0.390. The monoisotopic (exact) mass is 176 g/mol. The molecule has 0 aromatic carbocycles. The molecular formula is C5H5F5O. The SMILES string of the molecule is FC(F)(F)C(F)(F)C1CCO1. The fraction of sp³-hybridized carbons (Fsp3) is 1.00. The Morgan fingerprint density at radius 2 is 1.55 bits per heavy atom. The molecule has 6 heteroatoms. The maximum absolute atomic E-state index is 12.1. The first kappa shape index (κ1) is 8.70. The van der Waals surface area contributed by atoms with Crippen LogP contribution in [0.15, 0.2) is 0 Å². The average molecular weight is 176 g/mol. The standard InChI is InChI=1S/C5H5F5O/c6-4(7,5(8,9)10)3-1-2-11-3/h3H,1-2H2. The summed E-state index contributed by atoms with van der Waals surface area (Å²) in [5.41, 5.74) is 0. The van der Waals surface area contributed by atoms with Crippen LogP contribution in [-0.4, -0.2) is 24.8 Å². The van der Waals surface area contributed by atoms with E-state index in [9.17, 15) is 22.0 Å². The largest absolute Gasteiger partial charge is 0.456 e. The smallest absolute Gasteiger partial charge is 0.371 e. The van der Waals surface area contributed by atoms with Gasteiger partial charge in [-0.1, -0.05) is 0 Å². The molecule has 1 nitrogen and oxygen atoms in total. The molecule has 0 bridgehead atoms. The van der Waals surface area contributed by atoms with Gasteiger partial charge in [0, 0.05) is 13.0 Å². The van der Waals surface area contributed by atoms with Gasteiger partial charge >= 0.3 is 12.1 Å². The molecule has 1 atom stereocenters. The molecule has 1 heterocycles. The summed E-state index contributed by atoms with van der Waals surface area (Å²) in [6.07, 6.45) is -7.69. The molecule has 1 fully saturated rings. The molecule has 0 amide bonds. The Morgan fingerprint density at radius 1 is 1.09 bits per heavy atom. The molecule has 1 rings (SSSR count). The fourth-order valence-corrected chi connectivity index (χ4v) is 0.704. The van der Waals surface area contributed by atoms with Gasteiger partial charge in [0.05, 0.1) is 0 Å². The van der Waals surface area contributed by atoms with Crippen LogP contribution in [0.2, 0.25) is 0 Å². The molecule has 1 saturated heterocycles. The number of ether oxygens (including phenoxy) is 1. The van der Waals surface area contributed by atoms with Gasteiger partial charge in [-0.05, 0) is 0 Å². The van der Waals surface area contributed by atoms with Gasteiger partial charge < -0.3 is 4.74 Å². The highest BCUT2D eigenvalue weighted by Crippen LogP contribution is 2.42. The molecule has 0 aromatic rings. The van der Waals surface area contributed by atoms with Crippen molar-refractivity contribution in [2.45, 2.75) is 24.6 Å². The van der Waals surface area contributed by atoms with Crippen molar-refractivity contribution in [3.8, 4) is 0 Å². The molecular weight excluding hydrogens is 171 g/mol. The molecule has 1 aliphatic heterocycles. The first-order valence-electron chi connectivity index (χ1n) is 2.92. The van der Waals surface area contributed by atoms with Gasteiger partial charge in [0.15, 0.2) is 0 Å². The van der Waals surface area contributed by atoms with E-state index in [1.807, 2.05) is 0 Å². The Morgan fingerprint density at radius 3 is 1.64 bits per heavy atom. The minimum Gasteiger partial charge on any atom is -0.371 e. The van der Waals surface area contributed by atoms with E-state index in [4.69, 9.17) is 0 Å². The lowest BCUT2D eigenvalue weighted by molar-refractivity contribution is -0.337. The molecule has 1 aliphatic rings. The molecule has 0 aromatic heterocycles. The number of halogens is 5. The normalized spacial score (nSPS) is 26.5. The van der Waals surface area contributed by atoms with Gasteiger partial charge in [0.25, 0.3) is 0 Å². The van der Waals surface area contributed by atoms with Gasteiger partial charge in [-0.3, -0.25) is 0 Å². The predicted octanol–water partition coefficient (Wildman–Crippen LogP) is 1.97. The first-order valence-corrected chi connectivity index (χ1v) is 2.92. The molecule has 0 aliphatic carbocycles. The van der Waals surface area contributed by atoms with Crippen LogP contribution in [0.3, 0.4) is 0 Å². The summed E-state index contributed by atoms with van der Waals surface area (Å²) in [5.74, 6) is -4.69. The van der Waals surface area contributed by atoms with Crippen LogP contribution in [-0.2, 0) is 4.74 Å². The third kappa shape index (κ3) is 1.31. The Balaban J connectivity index is 2.64. The molecule has 0 radical (unpaired) electrons. The molecule has 66 valence electrons. The van der Waals surface area contributed by atoms with Crippen molar-refractivity contribution in [2.24, 2.45) is 0 Å². The van der Waals surface area contributed by atoms with E-state index in [2.05, 4.69) is 4.74 Å². The van der Waals surface area contributed by atoms with E-state index in [-0.39, 0.29) is 13.0 Å². The van der Waals surface area contributed by atoms with Crippen LogP contribution in [0.1, 0.15) is 6.42 Å². The minimum absolute atomic E-state index is 0.0175. The zero-order valence-corrected chi connectivity index (χ0v) is 5.29. The van der Waals surface area contributed by atoms with Gasteiger partial charge in [0.2, 0.25) is 0 Å². The number of hydrogen-bond donors (Lipinski definition) is 0. The van der Waals surface area contributed by atoms with Gasteiger partial charge in [-0.15, -0.1) is 0 Å². The van der Waals surface area contributed by atoms with Gasteiger partial charge in [-0.25, -0.2) is 0 Å².